The molecule has 0 aromatic rings. The first-order chi connectivity index (χ1) is 4.66. The smallest absolute Gasteiger partial charge is 0.269 e. The van der Waals surface area contributed by atoms with Crippen molar-refractivity contribution in [2.75, 3.05) is 13.7 Å². The summed E-state index contributed by atoms with van der Waals surface area (Å²) in [5.74, 6) is -0.267. The van der Waals surface area contributed by atoms with Crippen LogP contribution in [0, 0.1) is 0 Å². The summed E-state index contributed by atoms with van der Waals surface area (Å²) in [5, 5.41) is 0. The summed E-state index contributed by atoms with van der Waals surface area (Å²) in [7, 11) is 1.45. The SMILES string of the molecule is COCC(=O)NOC(C)C. The van der Waals surface area contributed by atoms with Crippen molar-refractivity contribution in [3.63, 3.8) is 0 Å². The lowest BCUT2D eigenvalue weighted by molar-refractivity contribution is -0.140. The van der Waals surface area contributed by atoms with Gasteiger partial charge in [-0.1, -0.05) is 0 Å². The number of nitrogens with one attached hydrogen (secondary N) is 1. The minimum atomic E-state index is -0.267. The van der Waals surface area contributed by atoms with Gasteiger partial charge < -0.3 is 4.74 Å². The van der Waals surface area contributed by atoms with E-state index in [1.54, 1.807) is 0 Å². The van der Waals surface area contributed by atoms with E-state index in [0.29, 0.717) is 0 Å². The van der Waals surface area contributed by atoms with E-state index in [1.165, 1.54) is 7.11 Å². The maximum absolute atomic E-state index is 10.6. The van der Waals surface area contributed by atoms with Crippen LogP contribution in [0.15, 0.2) is 0 Å². The van der Waals surface area contributed by atoms with Gasteiger partial charge in [-0.2, -0.15) is 0 Å². The fourth-order valence-corrected chi connectivity index (χ4v) is 0.344. The maximum atomic E-state index is 10.6. The van der Waals surface area contributed by atoms with Gasteiger partial charge in [-0.25, -0.2) is 5.48 Å². The molecule has 0 atom stereocenters. The van der Waals surface area contributed by atoms with E-state index in [4.69, 9.17) is 4.84 Å². The lowest BCUT2D eigenvalue weighted by Gasteiger charge is -2.06. The molecule has 0 spiro atoms. The largest absolute Gasteiger partial charge is 0.375 e. The van der Waals surface area contributed by atoms with E-state index >= 15 is 0 Å². The molecule has 0 bridgehead atoms. The summed E-state index contributed by atoms with van der Waals surface area (Å²) in [5.41, 5.74) is 2.22. The van der Waals surface area contributed by atoms with Crippen LogP contribution in [-0.2, 0) is 14.4 Å². The Bertz CT molecular complexity index is 103. The van der Waals surface area contributed by atoms with Crippen molar-refractivity contribution in [3.8, 4) is 0 Å². The molecule has 0 saturated carbocycles. The number of amides is 1. The topological polar surface area (TPSA) is 47.6 Å². The van der Waals surface area contributed by atoms with Crippen LogP contribution in [-0.4, -0.2) is 25.7 Å². The van der Waals surface area contributed by atoms with Crippen molar-refractivity contribution in [1.29, 1.82) is 0 Å². The molecule has 0 fully saturated rings. The summed E-state index contributed by atoms with van der Waals surface area (Å²) >= 11 is 0. The van der Waals surface area contributed by atoms with Gasteiger partial charge in [0, 0.05) is 7.11 Å². The maximum Gasteiger partial charge on any atom is 0.269 e. The van der Waals surface area contributed by atoms with Crippen molar-refractivity contribution in [3.05, 3.63) is 0 Å². The zero-order chi connectivity index (χ0) is 7.98. The molecule has 0 radical (unpaired) electrons. The van der Waals surface area contributed by atoms with Gasteiger partial charge >= 0.3 is 0 Å². The van der Waals surface area contributed by atoms with Crippen LogP contribution >= 0.6 is 0 Å². The number of rotatable bonds is 4. The lowest BCUT2D eigenvalue weighted by atomic mass is 10.5. The molecule has 0 rings (SSSR count). The highest BCUT2D eigenvalue weighted by atomic mass is 16.7. The third-order valence-electron chi connectivity index (χ3n) is 0.684. The van der Waals surface area contributed by atoms with E-state index < -0.39 is 0 Å². The number of hydrogen-bond donors (Lipinski definition) is 1. The van der Waals surface area contributed by atoms with Gasteiger partial charge in [0.25, 0.3) is 5.91 Å². The first-order valence-corrected chi connectivity index (χ1v) is 3.10. The summed E-state index contributed by atoms with van der Waals surface area (Å²) in [4.78, 5) is 15.4. The second kappa shape index (κ2) is 5.20. The van der Waals surface area contributed by atoms with Crippen LogP contribution in [0.3, 0.4) is 0 Å². The molecular formula is C6H13NO3. The molecule has 10 heavy (non-hydrogen) atoms. The summed E-state index contributed by atoms with van der Waals surface area (Å²) in [6.45, 7) is 3.69. The van der Waals surface area contributed by atoms with E-state index in [9.17, 15) is 4.79 Å². The fraction of sp³-hybridized carbons (Fsp3) is 0.833. The predicted octanol–water partition coefficient (Wildman–Crippen LogP) is 0.0890. The Kier molecular flexibility index (Phi) is 4.88. The Morgan fingerprint density at radius 2 is 2.20 bits per heavy atom. The minimum absolute atomic E-state index is 0.000746. The average Bonchev–Trinajstić information content (AvgIpc) is 1.85. The Morgan fingerprint density at radius 1 is 1.60 bits per heavy atom. The first-order valence-electron chi connectivity index (χ1n) is 3.10. The third kappa shape index (κ3) is 5.53. The number of carbonyl (C=O) groups excluding carboxylic acids is 1. The Morgan fingerprint density at radius 3 is 2.60 bits per heavy atom. The molecule has 0 aromatic carbocycles. The highest BCUT2D eigenvalue weighted by Gasteiger charge is 1.99. The van der Waals surface area contributed by atoms with E-state index in [0.717, 1.165) is 0 Å². The second-order valence-electron chi connectivity index (χ2n) is 2.12. The number of hydroxylamine groups is 1. The highest BCUT2D eigenvalue weighted by molar-refractivity contribution is 5.75. The summed E-state index contributed by atoms with van der Waals surface area (Å²) in [6, 6.07) is 0. The van der Waals surface area contributed by atoms with Crippen LogP contribution < -0.4 is 5.48 Å². The quantitative estimate of drug-likeness (QED) is 0.573. The standard InChI is InChI=1S/C6H13NO3/c1-5(2)10-7-6(8)4-9-3/h5H,4H2,1-3H3,(H,7,8). The molecule has 0 aliphatic heterocycles. The van der Waals surface area contributed by atoms with Gasteiger partial charge in [0.2, 0.25) is 0 Å². The number of hydrogen-bond acceptors (Lipinski definition) is 3. The van der Waals surface area contributed by atoms with Gasteiger partial charge in [0.05, 0.1) is 6.10 Å². The van der Waals surface area contributed by atoms with Gasteiger partial charge in [-0.3, -0.25) is 9.63 Å². The molecule has 1 amide bonds. The predicted molar refractivity (Wildman–Crippen MR) is 36.2 cm³/mol. The zero-order valence-electron chi connectivity index (χ0n) is 6.51. The molecule has 1 N–H and O–H groups in total. The Labute approximate surface area is 60.5 Å². The van der Waals surface area contributed by atoms with E-state index in [2.05, 4.69) is 10.2 Å². The molecule has 0 aliphatic rings. The first kappa shape index (κ1) is 9.39. The van der Waals surface area contributed by atoms with Crippen LogP contribution in [0.1, 0.15) is 13.8 Å². The molecule has 0 heterocycles. The molecule has 4 nitrogen and oxygen atoms in total. The molecule has 0 unspecified atom stereocenters. The van der Waals surface area contributed by atoms with E-state index in [1.807, 2.05) is 13.8 Å². The van der Waals surface area contributed by atoms with Crippen molar-refractivity contribution < 1.29 is 14.4 Å². The zero-order valence-corrected chi connectivity index (χ0v) is 6.51. The molecule has 4 heteroatoms. The van der Waals surface area contributed by atoms with Crippen LogP contribution in [0.2, 0.25) is 0 Å². The summed E-state index contributed by atoms with van der Waals surface area (Å²) in [6.07, 6.45) is 0.000746. The van der Waals surface area contributed by atoms with Crippen molar-refractivity contribution in [2.45, 2.75) is 20.0 Å². The van der Waals surface area contributed by atoms with Crippen molar-refractivity contribution in [2.24, 2.45) is 0 Å². The second-order valence-corrected chi connectivity index (χ2v) is 2.12. The summed E-state index contributed by atoms with van der Waals surface area (Å²) < 4.78 is 4.54. The molecule has 0 saturated heterocycles. The van der Waals surface area contributed by atoms with Gasteiger partial charge in [-0.15, -0.1) is 0 Å². The van der Waals surface area contributed by atoms with Crippen molar-refractivity contribution in [1.82, 2.24) is 5.48 Å². The molecule has 60 valence electrons. The highest BCUT2D eigenvalue weighted by Crippen LogP contribution is 1.81. The van der Waals surface area contributed by atoms with Gasteiger partial charge in [0.1, 0.15) is 6.61 Å². The van der Waals surface area contributed by atoms with Crippen LogP contribution in [0.5, 0.6) is 0 Å². The molecular weight excluding hydrogens is 134 g/mol. The number of ether oxygens (including phenoxy) is 1. The monoisotopic (exact) mass is 147 g/mol. The number of methoxy groups -OCH3 is 1. The van der Waals surface area contributed by atoms with Crippen LogP contribution in [0.4, 0.5) is 0 Å². The van der Waals surface area contributed by atoms with Gasteiger partial charge in [-0.05, 0) is 13.8 Å². The van der Waals surface area contributed by atoms with Crippen molar-refractivity contribution >= 4 is 5.91 Å². The average molecular weight is 147 g/mol. The molecule has 0 aromatic heterocycles. The van der Waals surface area contributed by atoms with Gasteiger partial charge in [0.15, 0.2) is 0 Å². The normalized spacial score (nSPS) is 10.0. The Balaban J connectivity index is 3.22. The third-order valence-corrected chi connectivity index (χ3v) is 0.684. The number of carbonyl (C=O) groups is 1. The lowest BCUT2D eigenvalue weighted by Crippen LogP contribution is -2.29. The van der Waals surface area contributed by atoms with Crippen LogP contribution in [0.25, 0.3) is 0 Å². The Hall–Kier alpha value is -0.610. The fourth-order valence-electron chi connectivity index (χ4n) is 0.344. The van der Waals surface area contributed by atoms with E-state index in [-0.39, 0.29) is 18.6 Å². The minimum Gasteiger partial charge on any atom is -0.375 e. The molecule has 0 aliphatic carbocycles.